The summed E-state index contributed by atoms with van der Waals surface area (Å²) in [6, 6.07) is 9.87. The van der Waals surface area contributed by atoms with E-state index in [0.717, 1.165) is 18.7 Å². The number of carbonyl (C=O) groups is 1. The topological polar surface area (TPSA) is 69.2 Å². The van der Waals surface area contributed by atoms with Crippen LogP contribution in [0.5, 0.6) is 0 Å². The predicted octanol–water partition coefficient (Wildman–Crippen LogP) is 1.67. The van der Waals surface area contributed by atoms with Gasteiger partial charge in [0, 0.05) is 12.2 Å². The van der Waals surface area contributed by atoms with E-state index in [1.807, 2.05) is 12.1 Å². The van der Waals surface area contributed by atoms with E-state index in [4.69, 9.17) is 5.11 Å². The SMILES string of the molecule is O=C(O)c1cc(CN2CCc3ccccc32)[nH]n1. The predicted molar refractivity (Wildman–Crippen MR) is 66.7 cm³/mol. The molecule has 0 saturated carbocycles. The minimum Gasteiger partial charge on any atom is -0.476 e. The first-order valence-electron chi connectivity index (χ1n) is 5.84. The molecule has 0 fully saturated rings. The summed E-state index contributed by atoms with van der Waals surface area (Å²) in [5.41, 5.74) is 3.46. The van der Waals surface area contributed by atoms with E-state index in [2.05, 4.69) is 27.2 Å². The van der Waals surface area contributed by atoms with Crippen LogP contribution in [0.4, 0.5) is 5.69 Å². The fourth-order valence-electron chi connectivity index (χ4n) is 2.33. The third-order valence-electron chi connectivity index (χ3n) is 3.19. The Kier molecular flexibility index (Phi) is 2.51. The molecule has 0 saturated heterocycles. The van der Waals surface area contributed by atoms with Crippen LogP contribution in [0.1, 0.15) is 21.7 Å². The number of carboxylic acid groups (broad SMARTS) is 1. The van der Waals surface area contributed by atoms with Crippen LogP contribution in [0.2, 0.25) is 0 Å². The molecule has 18 heavy (non-hydrogen) atoms. The van der Waals surface area contributed by atoms with Crippen molar-refractivity contribution in [2.24, 2.45) is 0 Å². The quantitative estimate of drug-likeness (QED) is 0.860. The third kappa shape index (κ3) is 1.84. The highest BCUT2D eigenvalue weighted by atomic mass is 16.4. The van der Waals surface area contributed by atoms with Gasteiger partial charge in [0.05, 0.1) is 12.2 Å². The lowest BCUT2D eigenvalue weighted by Crippen LogP contribution is -2.19. The normalized spacial score (nSPS) is 13.7. The molecule has 0 unspecified atom stereocenters. The van der Waals surface area contributed by atoms with Gasteiger partial charge in [-0.3, -0.25) is 5.10 Å². The Hall–Kier alpha value is -2.30. The summed E-state index contributed by atoms with van der Waals surface area (Å²) < 4.78 is 0. The fraction of sp³-hybridized carbons (Fsp3) is 0.231. The largest absolute Gasteiger partial charge is 0.476 e. The molecular weight excluding hydrogens is 230 g/mol. The number of rotatable bonds is 3. The molecule has 1 aliphatic rings. The molecule has 0 atom stereocenters. The number of nitrogens with zero attached hydrogens (tertiary/aromatic N) is 2. The van der Waals surface area contributed by atoms with Crippen molar-refractivity contribution >= 4 is 11.7 Å². The maximum Gasteiger partial charge on any atom is 0.356 e. The van der Waals surface area contributed by atoms with Gasteiger partial charge in [0.2, 0.25) is 0 Å². The van der Waals surface area contributed by atoms with Gasteiger partial charge >= 0.3 is 5.97 Å². The van der Waals surface area contributed by atoms with Crippen molar-refractivity contribution < 1.29 is 9.90 Å². The summed E-state index contributed by atoms with van der Waals surface area (Å²) in [5, 5.41) is 15.4. The average molecular weight is 243 g/mol. The van der Waals surface area contributed by atoms with Crippen LogP contribution in [0.3, 0.4) is 0 Å². The zero-order chi connectivity index (χ0) is 12.5. The molecule has 2 N–H and O–H groups in total. The molecule has 0 aliphatic carbocycles. The zero-order valence-electron chi connectivity index (χ0n) is 9.76. The number of hydrogen-bond acceptors (Lipinski definition) is 3. The molecular formula is C13H13N3O2. The number of H-pyrrole nitrogens is 1. The van der Waals surface area contributed by atoms with Gasteiger partial charge < -0.3 is 10.0 Å². The molecule has 1 aromatic carbocycles. The van der Waals surface area contributed by atoms with Crippen LogP contribution in [0.15, 0.2) is 30.3 Å². The highest BCUT2D eigenvalue weighted by Gasteiger charge is 2.19. The minimum absolute atomic E-state index is 0.0671. The highest BCUT2D eigenvalue weighted by molar-refractivity contribution is 5.85. The Labute approximate surface area is 104 Å². The van der Waals surface area contributed by atoms with Crippen molar-refractivity contribution in [3.8, 4) is 0 Å². The van der Waals surface area contributed by atoms with Crippen LogP contribution < -0.4 is 4.90 Å². The fourth-order valence-corrected chi connectivity index (χ4v) is 2.33. The summed E-state index contributed by atoms with van der Waals surface area (Å²) in [5.74, 6) is -1.00. The molecule has 5 nitrogen and oxygen atoms in total. The molecule has 2 heterocycles. The second kappa shape index (κ2) is 4.18. The number of hydrogen-bond donors (Lipinski definition) is 2. The Balaban J connectivity index is 1.80. The Morgan fingerprint density at radius 1 is 1.44 bits per heavy atom. The third-order valence-corrected chi connectivity index (χ3v) is 3.19. The lowest BCUT2D eigenvalue weighted by molar-refractivity contribution is 0.0690. The van der Waals surface area contributed by atoms with E-state index in [1.54, 1.807) is 6.07 Å². The number of benzene rings is 1. The first-order valence-corrected chi connectivity index (χ1v) is 5.84. The van der Waals surface area contributed by atoms with Crippen LogP contribution in [-0.4, -0.2) is 27.8 Å². The molecule has 0 bridgehead atoms. The van der Waals surface area contributed by atoms with Crippen molar-refractivity contribution in [1.82, 2.24) is 10.2 Å². The number of aromatic nitrogens is 2. The maximum absolute atomic E-state index is 10.8. The Morgan fingerprint density at radius 2 is 2.28 bits per heavy atom. The molecule has 1 aliphatic heterocycles. The van der Waals surface area contributed by atoms with Gasteiger partial charge in [-0.1, -0.05) is 18.2 Å². The van der Waals surface area contributed by atoms with Gasteiger partial charge in [0.1, 0.15) is 0 Å². The highest BCUT2D eigenvalue weighted by Crippen LogP contribution is 2.28. The minimum atomic E-state index is -1.00. The van der Waals surface area contributed by atoms with Gasteiger partial charge in [-0.2, -0.15) is 5.10 Å². The van der Waals surface area contributed by atoms with Crippen LogP contribution in [0, 0.1) is 0 Å². The van der Waals surface area contributed by atoms with Gasteiger partial charge in [-0.25, -0.2) is 4.79 Å². The van der Waals surface area contributed by atoms with Crippen LogP contribution in [-0.2, 0) is 13.0 Å². The van der Waals surface area contributed by atoms with E-state index in [-0.39, 0.29) is 5.69 Å². The van der Waals surface area contributed by atoms with Crippen LogP contribution >= 0.6 is 0 Å². The van der Waals surface area contributed by atoms with Crippen molar-refractivity contribution in [3.05, 3.63) is 47.3 Å². The molecule has 5 heteroatoms. The van der Waals surface area contributed by atoms with Gasteiger partial charge in [0.25, 0.3) is 0 Å². The average Bonchev–Trinajstić information content (AvgIpc) is 2.98. The van der Waals surface area contributed by atoms with Gasteiger partial charge in [-0.05, 0) is 24.1 Å². The number of aromatic carboxylic acids is 1. The maximum atomic E-state index is 10.8. The standard InChI is InChI=1S/C13H13N3O2/c17-13(18)11-7-10(14-15-11)8-16-6-5-9-3-1-2-4-12(9)16/h1-4,7H,5-6,8H2,(H,14,15)(H,17,18). The summed E-state index contributed by atoms with van der Waals surface area (Å²) in [6.45, 7) is 1.62. The van der Waals surface area contributed by atoms with E-state index in [0.29, 0.717) is 6.54 Å². The second-order valence-corrected chi connectivity index (χ2v) is 4.38. The van der Waals surface area contributed by atoms with Gasteiger partial charge in [0.15, 0.2) is 5.69 Å². The molecule has 0 amide bonds. The van der Waals surface area contributed by atoms with E-state index in [1.165, 1.54) is 11.3 Å². The summed E-state index contributed by atoms with van der Waals surface area (Å²) in [6.07, 6.45) is 1.04. The molecule has 2 aromatic rings. The number of carboxylic acids is 1. The number of fused-ring (bicyclic) bond motifs is 1. The lowest BCUT2D eigenvalue weighted by Gasteiger charge is -2.17. The van der Waals surface area contributed by atoms with E-state index < -0.39 is 5.97 Å². The zero-order valence-corrected chi connectivity index (χ0v) is 9.76. The van der Waals surface area contributed by atoms with Gasteiger partial charge in [-0.15, -0.1) is 0 Å². The second-order valence-electron chi connectivity index (χ2n) is 4.38. The Morgan fingerprint density at radius 3 is 3.06 bits per heavy atom. The Bertz CT molecular complexity index is 591. The van der Waals surface area contributed by atoms with Crippen molar-refractivity contribution in [2.75, 3.05) is 11.4 Å². The summed E-state index contributed by atoms with van der Waals surface area (Å²) in [7, 11) is 0. The van der Waals surface area contributed by atoms with E-state index >= 15 is 0 Å². The number of aromatic amines is 1. The first kappa shape index (κ1) is 10.8. The molecule has 0 spiro atoms. The molecule has 3 rings (SSSR count). The monoisotopic (exact) mass is 243 g/mol. The number of anilines is 1. The van der Waals surface area contributed by atoms with Crippen LogP contribution in [0.25, 0.3) is 0 Å². The first-order chi connectivity index (χ1) is 8.74. The number of nitrogens with one attached hydrogen (secondary N) is 1. The smallest absolute Gasteiger partial charge is 0.356 e. The number of para-hydroxylation sites is 1. The van der Waals surface area contributed by atoms with Crippen molar-refractivity contribution in [3.63, 3.8) is 0 Å². The summed E-state index contributed by atoms with van der Waals surface area (Å²) in [4.78, 5) is 13.0. The molecule has 92 valence electrons. The summed E-state index contributed by atoms with van der Waals surface area (Å²) >= 11 is 0. The molecule has 0 radical (unpaired) electrons. The van der Waals surface area contributed by atoms with Crippen molar-refractivity contribution in [2.45, 2.75) is 13.0 Å². The van der Waals surface area contributed by atoms with E-state index in [9.17, 15) is 4.79 Å². The molecule has 1 aromatic heterocycles. The lowest BCUT2D eigenvalue weighted by atomic mass is 10.2. The van der Waals surface area contributed by atoms with Crippen molar-refractivity contribution in [1.29, 1.82) is 0 Å².